The van der Waals surface area contributed by atoms with Crippen LogP contribution in [0.4, 0.5) is 0 Å². The number of carbonyl (C=O) groups is 4. The molecule has 3 amide bonds. The van der Waals surface area contributed by atoms with Crippen LogP contribution >= 0.6 is 11.6 Å². The number of β-lactam (4-membered cyclic amide) rings is 1. The molecular formula is C19H23ClN4O9S. The molecule has 1 aromatic carbocycles. The molecule has 13 nitrogen and oxygen atoms in total. The quantitative estimate of drug-likeness (QED) is 0.0855. The molecule has 1 aliphatic heterocycles. The SMILES string of the molecule is C[C@H](NC(=O)c1ccc(O)c(O)c1Cl)C(=O)N/N=C/[C@@](C)([C@H](C(=O)O)N1C(=O)C[C@H]1C)S(=O)O. The summed E-state index contributed by atoms with van der Waals surface area (Å²) in [6.45, 7) is 3.96. The zero-order chi connectivity index (χ0) is 26.0. The van der Waals surface area contributed by atoms with E-state index in [-0.39, 0.29) is 12.0 Å². The van der Waals surface area contributed by atoms with Crippen LogP contribution in [0.3, 0.4) is 0 Å². The number of benzene rings is 1. The Morgan fingerprint density at radius 2 is 1.97 bits per heavy atom. The molecule has 0 bridgehead atoms. The highest BCUT2D eigenvalue weighted by Crippen LogP contribution is 2.35. The maximum absolute atomic E-state index is 12.3. The number of aliphatic carboxylic acids is 1. The number of rotatable bonds is 9. The van der Waals surface area contributed by atoms with Gasteiger partial charge in [0.05, 0.1) is 10.6 Å². The van der Waals surface area contributed by atoms with Gasteiger partial charge in [0.15, 0.2) is 28.6 Å². The Hall–Kier alpha value is -3.23. The number of phenols is 2. The van der Waals surface area contributed by atoms with Crippen molar-refractivity contribution in [1.82, 2.24) is 15.6 Å². The second kappa shape index (κ2) is 10.4. The molecule has 1 aromatic rings. The van der Waals surface area contributed by atoms with E-state index in [1.54, 1.807) is 6.92 Å². The third-order valence-electron chi connectivity index (χ3n) is 5.24. The highest BCUT2D eigenvalue weighted by Gasteiger charge is 2.53. The molecule has 0 radical (unpaired) electrons. The topological polar surface area (TPSA) is 206 Å². The van der Waals surface area contributed by atoms with Gasteiger partial charge in [0, 0.05) is 18.7 Å². The van der Waals surface area contributed by atoms with E-state index >= 15 is 0 Å². The van der Waals surface area contributed by atoms with Crippen molar-refractivity contribution >= 4 is 52.6 Å². The lowest BCUT2D eigenvalue weighted by Gasteiger charge is -2.46. The summed E-state index contributed by atoms with van der Waals surface area (Å²) >= 11 is 3.01. The first kappa shape index (κ1) is 27.0. The van der Waals surface area contributed by atoms with Crippen LogP contribution in [0, 0.1) is 0 Å². The number of carboxylic acids is 1. The number of nitrogens with one attached hydrogen (secondary N) is 2. The number of likely N-dealkylation sites (tertiary alicyclic amines) is 1. The van der Waals surface area contributed by atoms with Crippen LogP contribution < -0.4 is 10.7 Å². The van der Waals surface area contributed by atoms with Crippen LogP contribution in [-0.2, 0) is 25.5 Å². The molecule has 2 rings (SSSR count). The van der Waals surface area contributed by atoms with Crippen LogP contribution in [0.1, 0.15) is 37.6 Å². The number of hydrogen-bond acceptors (Lipinski definition) is 8. The van der Waals surface area contributed by atoms with Gasteiger partial charge in [-0.25, -0.2) is 14.4 Å². The van der Waals surface area contributed by atoms with E-state index in [1.807, 2.05) is 5.43 Å². The Labute approximate surface area is 201 Å². The summed E-state index contributed by atoms with van der Waals surface area (Å²) in [5.74, 6) is -5.03. The molecular weight excluding hydrogens is 496 g/mol. The number of amides is 3. The van der Waals surface area contributed by atoms with Crippen molar-refractivity contribution < 1.29 is 43.3 Å². The molecule has 34 heavy (non-hydrogen) atoms. The van der Waals surface area contributed by atoms with Crippen molar-refractivity contribution in [2.75, 3.05) is 0 Å². The van der Waals surface area contributed by atoms with E-state index in [0.29, 0.717) is 0 Å². The van der Waals surface area contributed by atoms with Gasteiger partial charge in [-0.15, -0.1) is 0 Å². The van der Waals surface area contributed by atoms with Crippen LogP contribution in [0.2, 0.25) is 5.02 Å². The lowest BCUT2D eigenvalue weighted by molar-refractivity contribution is -0.161. The zero-order valence-corrected chi connectivity index (χ0v) is 19.8. The van der Waals surface area contributed by atoms with Crippen LogP contribution in [0.15, 0.2) is 17.2 Å². The summed E-state index contributed by atoms with van der Waals surface area (Å²) in [5.41, 5.74) is 1.81. The van der Waals surface area contributed by atoms with E-state index in [9.17, 15) is 43.3 Å². The monoisotopic (exact) mass is 518 g/mol. The summed E-state index contributed by atoms with van der Waals surface area (Å²) in [6.07, 6.45) is 0.841. The minimum absolute atomic E-state index is 0.0891. The average Bonchev–Trinajstić information content (AvgIpc) is 2.74. The fraction of sp³-hybridized carbons (Fsp3) is 0.421. The summed E-state index contributed by atoms with van der Waals surface area (Å²) < 4.78 is 19.7. The molecule has 5 atom stereocenters. The minimum atomic E-state index is -2.81. The second-order valence-electron chi connectivity index (χ2n) is 7.75. The Morgan fingerprint density at radius 1 is 1.35 bits per heavy atom. The van der Waals surface area contributed by atoms with E-state index in [2.05, 4.69) is 10.4 Å². The molecule has 186 valence electrons. The molecule has 0 spiro atoms. The predicted octanol–water partition coefficient (Wildman–Crippen LogP) is 0.0259. The number of hydrazone groups is 1. The maximum atomic E-state index is 12.3. The minimum Gasteiger partial charge on any atom is -0.504 e. The van der Waals surface area contributed by atoms with Gasteiger partial charge in [0.1, 0.15) is 10.8 Å². The summed E-state index contributed by atoms with van der Waals surface area (Å²) in [7, 11) is 0. The number of aromatic hydroxyl groups is 2. The molecule has 1 aliphatic rings. The first-order chi connectivity index (χ1) is 15.7. The summed E-state index contributed by atoms with van der Waals surface area (Å²) in [4.78, 5) is 49.3. The Bertz CT molecular complexity index is 1080. The van der Waals surface area contributed by atoms with Gasteiger partial charge in [-0.05, 0) is 32.9 Å². The third-order valence-corrected chi connectivity index (χ3v) is 6.70. The van der Waals surface area contributed by atoms with Crippen molar-refractivity contribution in [2.24, 2.45) is 5.10 Å². The number of halogens is 1. The smallest absolute Gasteiger partial charge is 0.328 e. The molecule has 0 aromatic heterocycles. The van der Waals surface area contributed by atoms with Gasteiger partial charge < -0.3 is 30.1 Å². The number of nitrogens with zero attached hydrogens (tertiary/aromatic N) is 2. The van der Waals surface area contributed by atoms with Crippen LogP contribution in [0.25, 0.3) is 0 Å². The van der Waals surface area contributed by atoms with Gasteiger partial charge in [-0.2, -0.15) is 5.10 Å². The maximum Gasteiger partial charge on any atom is 0.328 e. The highest BCUT2D eigenvalue weighted by atomic mass is 35.5. The van der Waals surface area contributed by atoms with Crippen molar-refractivity contribution in [2.45, 2.75) is 50.1 Å². The summed E-state index contributed by atoms with van der Waals surface area (Å²) in [6, 6.07) is -1.25. The van der Waals surface area contributed by atoms with Gasteiger partial charge in [-0.1, -0.05) is 11.6 Å². The second-order valence-corrected chi connectivity index (χ2v) is 9.51. The van der Waals surface area contributed by atoms with Crippen molar-refractivity contribution in [3.8, 4) is 11.5 Å². The molecule has 0 aliphatic carbocycles. The normalized spacial score (nSPS) is 20.1. The van der Waals surface area contributed by atoms with E-state index < -0.39 is 74.2 Å². The van der Waals surface area contributed by atoms with Crippen molar-refractivity contribution in [3.05, 3.63) is 22.7 Å². The fourth-order valence-electron chi connectivity index (χ4n) is 3.23. The zero-order valence-electron chi connectivity index (χ0n) is 18.2. The van der Waals surface area contributed by atoms with Gasteiger partial charge in [0.25, 0.3) is 11.8 Å². The third kappa shape index (κ3) is 5.29. The van der Waals surface area contributed by atoms with Gasteiger partial charge in [0.2, 0.25) is 5.91 Å². The van der Waals surface area contributed by atoms with Crippen LogP contribution in [-0.4, -0.2) is 81.8 Å². The van der Waals surface area contributed by atoms with Crippen molar-refractivity contribution in [3.63, 3.8) is 0 Å². The molecule has 15 heteroatoms. The molecule has 0 saturated carbocycles. The first-order valence-corrected chi connectivity index (χ1v) is 11.2. The lowest BCUT2D eigenvalue weighted by Crippen LogP contribution is -2.67. The molecule has 1 fully saturated rings. The molecule has 1 heterocycles. The van der Waals surface area contributed by atoms with E-state index in [1.165, 1.54) is 6.92 Å². The molecule has 1 saturated heterocycles. The largest absolute Gasteiger partial charge is 0.504 e. The number of phenolic OH excluding ortho intramolecular Hbond substituents is 2. The van der Waals surface area contributed by atoms with E-state index in [0.717, 1.165) is 30.2 Å². The number of hydrogen-bond donors (Lipinski definition) is 6. The van der Waals surface area contributed by atoms with E-state index in [4.69, 9.17) is 11.6 Å². The Balaban J connectivity index is 2.13. The van der Waals surface area contributed by atoms with Crippen molar-refractivity contribution in [1.29, 1.82) is 0 Å². The lowest BCUT2D eigenvalue weighted by atomic mass is 9.92. The van der Waals surface area contributed by atoms with Crippen LogP contribution in [0.5, 0.6) is 11.5 Å². The molecule has 6 N–H and O–H groups in total. The van der Waals surface area contributed by atoms with Gasteiger partial charge >= 0.3 is 5.97 Å². The molecule has 1 unspecified atom stereocenters. The van der Waals surface area contributed by atoms with Gasteiger partial charge in [-0.3, -0.25) is 14.4 Å². The Kier molecular flexibility index (Phi) is 8.23. The summed E-state index contributed by atoms with van der Waals surface area (Å²) in [5, 5.41) is 34.1. The highest BCUT2D eigenvalue weighted by molar-refractivity contribution is 7.81. The average molecular weight is 519 g/mol. The Morgan fingerprint density at radius 3 is 2.47 bits per heavy atom. The number of carboxylic acid groups (broad SMARTS) is 1. The first-order valence-electron chi connectivity index (χ1n) is 9.72. The predicted molar refractivity (Wildman–Crippen MR) is 120 cm³/mol. The fourth-order valence-corrected chi connectivity index (χ4v) is 4.02. The standard InChI is InChI=1S/C19H23ClN4O9S/c1-8-6-12(26)24(8)15(18(30)31)19(3,34(32)33)7-21-23-16(28)9(2)22-17(29)10-4-5-11(25)14(27)13(10)20/h4-5,7-9,15,25,27H,6H2,1-3H3,(H,22,29)(H,23,28)(H,30,31)(H,32,33)/b21-7+/t8-,9+,15+,19+/m1/s1. The number of carbonyl (C=O) groups excluding carboxylic acids is 3.